The van der Waals surface area contributed by atoms with E-state index >= 15 is 0 Å². The number of carbonyl (C=O) groups excluding carboxylic acids is 2. The number of pyridine rings is 1. The van der Waals surface area contributed by atoms with Crippen molar-refractivity contribution in [3.8, 4) is 0 Å². The first-order valence-electron chi connectivity index (χ1n) is 9.33. The van der Waals surface area contributed by atoms with Crippen molar-refractivity contribution >= 4 is 23.2 Å². The maximum Gasteiger partial charge on any atom is 0.235 e. The summed E-state index contributed by atoms with van der Waals surface area (Å²) in [5.41, 5.74) is 2.73. The molecule has 2 heterocycles. The van der Waals surface area contributed by atoms with E-state index in [9.17, 15) is 14.0 Å². The smallest absolute Gasteiger partial charge is 0.235 e. The van der Waals surface area contributed by atoms with Crippen LogP contribution in [0.4, 0.5) is 10.2 Å². The number of nitrogens with zero attached hydrogens (tertiary/aromatic N) is 2. The van der Waals surface area contributed by atoms with Crippen LogP contribution in [0.25, 0.3) is 0 Å². The second-order valence-electron chi connectivity index (χ2n) is 7.10. The van der Waals surface area contributed by atoms with Crippen LogP contribution < -0.4 is 5.32 Å². The number of halogens is 1. The van der Waals surface area contributed by atoms with E-state index in [0.29, 0.717) is 29.9 Å². The van der Waals surface area contributed by atoms with E-state index in [1.807, 2.05) is 6.92 Å². The van der Waals surface area contributed by atoms with Gasteiger partial charge in [-0.15, -0.1) is 0 Å². The van der Waals surface area contributed by atoms with Crippen LogP contribution in [0.3, 0.4) is 0 Å². The Morgan fingerprint density at radius 1 is 1.14 bits per heavy atom. The van der Waals surface area contributed by atoms with E-state index in [4.69, 9.17) is 0 Å². The van der Waals surface area contributed by atoms with Crippen LogP contribution in [-0.4, -0.2) is 22.4 Å². The van der Waals surface area contributed by atoms with Crippen LogP contribution in [0.2, 0.25) is 0 Å². The molecule has 0 spiro atoms. The summed E-state index contributed by atoms with van der Waals surface area (Å²) in [4.78, 5) is 34.7. The highest BCUT2D eigenvalue weighted by atomic mass is 19.1. The van der Waals surface area contributed by atoms with Gasteiger partial charge in [-0.3, -0.25) is 14.6 Å². The van der Waals surface area contributed by atoms with Gasteiger partial charge >= 0.3 is 0 Å². The summed E-state index contributed by atoms with van der Waals surface area (Å²) < 4.78 is 13.5. The van der Waals surface area contributed by atoms with E-state index < -0.39 is 11.8 Å². The maximum atomic E-state index is 13.5. The largest absolute Gasteiger partial charge is 0.310 e. The van der Waals surface area contributed by atoms with Crippen molar-refractivity contribution in [2.75, 3.05) is 5.32 Å². The molecule has 0 saturated carbocycles. The lowest BCUT2D eigenvalue weighted by Gasteiger charge is -2.34. The molecule has 0 radical (unpaired) electrons. The van der Waals surface area contributed by atoms with E-state index in [0.717, 1.165) is 17.7 Å². The molecule has 1 aliphatic heterocycles. The number of carbonyl (C=O) groups is 2. The third-order valence-corrected chi connectivity index (χ3v) is 5.26. The Kier molecular flexibility index (Phi) is 4.86. The zero-order valence-corrected chi connectivity index (χ0v) is 15.5. The Morgan fingerprint density at radius 3 is 2.64 bits per heavy atom. The number of allylic oxidation sites excluding steroid dienone is 2. The highest BCUT2D eigenvalue weighted by molar-refractivity contribution is 6.13. The maximum absolute atomic E-state index is 13.5. The van der Waals surface area contributed by atoms with Crippen LogP contribution in [0, 0.1) is 11.7 Å². The molecule has 5 nitrogen and oxygen atoms in total. The molecule has 4 rings (SSSR count). The van der Waals surface area contributed by atoms with Crippen molar-refractivity contribution in [2.45, 2.75) is 32.1 Å². The molecule has 0 fully saturated rings. The van der Waals surface area contributed by atoms with Gasteiger partial charge < -0.3 is 5.32 Å². The number of aliphatic imine (C=N–C) groups is 1. The van der Waals surface area contributed by atoms with Gasteiger partial charge in [0.25, 0.3) is 0 Å². The minimum absolute atomic E-state index is 0.0162. The number of hydrogen-bond acceptors (Lipinski definition) is 4. The van der Waals surface area contributed by atoms with Crippen LogP contribution in [0.1, 0.15) is 37.7 Å². The molecule has 1 unspecified atom stereocenters. The first kappa shape index (κ1) is 18.2. The van der Waals surface area contributed by atoms with E-state index in [1.54, 1.807) is 36.5 Å². The number of ketones is 1. The molecular weight excluding hydrogens is 357 g/mol. The standard InChI is InChI=1S/C22H20FN3O2/c1-13-19(22(28)26-18-7-2-3-12-24-18)20(14-8-10-15(23)11-9-14)21-16(25-13)5-4-6-17(21)27/h2-3,7-12,19-20H,4-6H2,1H3,(H,24,26,28)/t19?,20-/m0/s1. The zero-order valence-electron chi connectivity index (χ0n) is 15.5. The molecule has 28 heavy (non-hydrogen) atoms. The van der Waals surface area contributed by atoms with Crippen molar-refractivity contribution in [1.82, 2.24) is 4.98 Å². The van der Waals surface area contributed by atoms with E-state index in [-0.39, 0.29) is 17.5 Å². The van der Waals surface area contributed by atoms with Crippen molar-refractivity contribution in [1.29, 1.82) is 0 Å². The van der Waals surface area contributed by atoms with Gasteiger partial charge in [-0.25, -0.2) is 9.37 Å². The Balaban J connectivity index is 1.78. The SMILES string of the molecule is CC1=NC2=C(C(=O)CCC2)[C@@H](c2ccc(F)cc2)C1C(=O)Nc1ccccn1. The van der Waals surface area contributed by atoms with Crippen LogP contribution in [-0.2, 0) is 9.59 Å². The number of benzene rings is 1. The summed E-state index contributed by atoms with van der Waals surface area (Å²) in [6.07, 6.45) is 3.51. The summed E-state index contributed by atoms with van der Waals surface area (Å²) in [5.74, 6) is -1.32. The summed E-state index contributed by atoms with van der Waals surface area (Å²) in [6.45, 7) is 1.81. The Hall–Kier alpha value is -3.15. The van der Waals surface area contributed by atoms with Gasteiger partial charge in [0, 0.05) is 35.5 Å². The van der Waals surface area contributed by atoms with E-state index in [1.165, 1.54) is 12.1 Å². The quantitative estimate of drug-likeness (QED) is 0.877. The highest BCUT2D eigenvalue weighted by Crippen LogP contribution is 2.43. The van der Waals surface area contributed by atoms with Gasteiger partial charge in [0.05, 0.1) is 5.92 Å². The average Bonchev–Trinajstić information content (AvgIpc) is 2.68. The summed E-state index contributed by atoms with van der Waals surface area (Å²) in [5, 5.41) is 2.82. The molecule has 2 aromatic rings. The van der Waals surface area contributed by atoms with Crippen molar-refractivity contribution < 1.29 is 14.0 Å². The van der Waals surface area contributed by atoms with Crippen molar-refractivity contribution in [2.24, 2.45) is 10.9 Å². The lowest BCUT2D eigenvalue weighted by Crippen LogP contribution is -2.39. The van der Waals surface area contributed by atoms with Crippen LogP contribution >= 0.6 is 0 Å². The molecule has 1 aliphatic carbocycles. The number of aromatic nitrogens is 1. The van der Waals surface area contributed by atoms with Crippen molar-refractivity contribution in [3.63, 3.8) is 0 Å². The predicted molar refractivity (Wildman–Crippen MR) is 104 cm³/mol. The zero-order chi connectivity index (χ0) is 19.7. The first-order valence-corrected chi connectivity index (χ1v) is 9.33. The second kappa shape index (κ2) is 7.46. The first-order chi connectivity index (χ1) is 13.5. The Morgan fingerprint density at radius 2 is 1.93 bits per heavy atom. The normalized spacial score (nSPS) is 21.8. The third kappa shape index (κ3) is 3.38. The Bertz CT molecular complexity index is 981. The summed E-state index contributed by atoms with van der Waals surface area (Å²) in [7, 11) is 0. The minimum atomic E-state index is -0.659. The number of hydrogen-bond donors (Lipinski definition) is 1. The molecule has 1 aromatic carbocycles. The molecule has 1 aromatic heterocycles. The lowest BCUT2D eigenvalue weighted by atomic mass is 9.71. The number of nitrogens with one attached hydrogen (secondary N) is 1. The molecule has 6 heteroatoms. The molecule has 2 atom stereocenters. The monoisotopic (exact) mass is 377 g/mol. The molecule has 1 N–H and O–H groups in total. The summed E-state index contributed by atoms with van der Waals surface area (Å²) >= 11 is 0. The predicted octanol–water partition coefficient (Wildman–Crippen LogP) is 4.04. The molecule has 2 aliphatic rings. The lowest BCUT2D eigenvalue weighted by molar-refractivity contribution is -0.119. The van der Waals surface area contributed by atoms with Crippen LogP contribution in [0.15, 0.2) is 64.9 Å². The fraction of sp³-hybridized carbons (Fsp3) is 0.273. The van der Waals surface area contributed by atoms with Gasteiger partial charge in [-0.2, -0.15) is 0 Å². The van der Waals surface area contributed by atoms with Crippen LogP contribution in [0.5, 0.6) is 0 Å². The number of amides is 1. The fourth-order valence-corrected chi connectivity index (χ4v) is 4.02. The van der Waals surface area contributed by atoms with Crippen molar-refractivity contribution in [3.05, 3.63) is 71.3 Å². The third-order valence-electron chi connectivity index (χ3n) is 5.26. The minimum Gasteiger partial charge on any atom is -0.310 e. The number of anilines is 1. The molecule has 1 amide bonds. The van der Waals surface area contributed by atoms with Gasteiger partial charge in [-0.05, 0) is 49.6 Å². The van der Waals surface area contributed by atoms with Gasteiger partial charge in [0.15, 0.2) is 5.78 Å². The molecule has 0 saturated heterocycles. The van der Waals surface area contributed by atoms with Gasteiger partial charge in [0.2, 0.25) is 5.91 Å². The number of rotatable bonds is 3. The topological polar surface area (TPSA) is 71.4 Å². The fourth-order valence-electron chi connectivity index (χ4n) is 4.02. The summed E-state index contributed by atoms with van der Waals surface area (Å²) in [6, 6.07) is 11.3. The molecule has 0 bridgehead atoms. The van der Waals surface area contributed by atoms with E-state index in [2.05, 4.69) is 15.3 Å². The Labute approximate surface area is 162 Å². The highest BCUT2D eigenvalue weighted by Gasteiger charge is 2.42. The molecule has 142 valence electrons. The second-order valence-corrected chi connectivity index (χ2v) is 7.10. The number of Topliss-reactive ketones (excluding diaryl/α,β-unsaturated/α-hetero) is 1. The van der Waals surface area contributed by atoms with Gasteiger partial charge in [-0.1, -0.05) is 18.2 Å². The van der Waals surface area contributed by atoms with Gasteiger partial charge in [0.1, 0.15) is 11.6 Å². The average molecular weight is 377 g/mol. The molecular formula is C22H20FN3O2.